The number of nitrogens with one attached hydrogen (secondary N) is 1. The van der Waals surface area contributed by atoms with Gasteiger partial charge < -0.3 is 5.32 Å². The standard InChI is InChI=1S/C28H21BrN4O3S/c1-17-8-13-22(14-26(17)33(35)36)31-27(34)18(2)37-28-24(16-30)23(19-6-4-3-5-7-19)15-25(32-28)20-9-11-21(29)12-10-20/h3-15,18H,1-2H3,(H,31,34). The summed E-state index contributed by atoms with van der Waals surface area (Å²) in [6, 6.07) is 26.0. The molecule has 1 N–H and O–H groups in total. The van der Waals surface area contributed by atoms with Crippen molar-refractivity contribution in [2.24, 2.45) is 0 Å². The van der Waals surface area contributed by atoms with Crippen LogP contribution < -0.4 is 5.32 Å². The molecule has 0 fully saturated rings. The van der Waals surface area contributed by atoms with Crippen LogP contribution in [0.5, 0.6) is 0 Å². The summed E-state index contributed by atoms with van der Waals surface area (Å²) in [7, 11) is 0. The Morgan fingerprint density at radius 2 is 1.78 bits per heavy atom. The molecule has 0 saturated heterocycles. The number of hydrogen-bond donors (Lipinski definition) is 1. The Hall–Kier alpha value is -4.00. The molecule has 3 aromatic carbocycles. The average molecular weight is 573 g/mol. The van der Waals surface area contributed by atoms with Crippen LogP contribution in [0.25, 0.3) is 22.4 Å². The van der Waals surface area contributed by atoms with Gasteiger partial charge in [0.25, 0.3) is 5.69 Å². The van der Waals surface area contributed by atoms with Crippen molar-refractivity contribution in [2.75, 3.05) is 5.32 Å². The maximum Gasteiger partial charge on any atom is 0.274 e. The number of nitrogens with zero attached hydrogens (tertiary/aromatic N) is 3. The zero-order chi connectivity index (χ0) is 26.5. The molecule has 4 aromatic rings. The van der Waals surface area contributed by atoms with Gasteiger partial charge in [-0.05, 0) is 43.7 Å². The summed E-state index contributed by atoms with van der Waals surface area (Å²) in [4.78, 5) is 28.6. The molecule has 0 bridgehead atoms. The fourth-order valence-electron chi connectivity index (χ4n) is 3.68. The van der Waals surface area contributed by atoms with Gasteiger partial charge in [-0.3, -0.25) is 14.9 Å². The van der Waals surface area contributed by atoms with E-state index in [1.807, 2.05) is 60.7 Å². The fourth-order valence-corrected chi connectivity index (χ4v) is 4.87. The molecule has 0 aliphatic heterocycles. The number of carbonyl (C=O) groups excluding carboxylic acids is 1. The van der Waals surface area contributed by atoms with E-state index in [2.05, 4.69) is 27.3 Å². The summed E-state index contributed by atoms with van der Waals surface area (Å²) < 4.78 is 0.935. The normalized spacial score (nSPS) is 11.4. The largest absolute Gasteiger partial charge is 0.325 e. The zero-order valence-electron chi connectivity index (χ0n) is 19.9. The number of hydrogen-bond acceptors (Lipinski definition) is 6. The van der Waals surface area contributed by atoms with Gasteiger partial charge in [0.15, 0.2) is 0 Å². The fraction of sp³-hybridized carbons (Fsp3) is 0.107. The van der Waals surface area contributed by atoms with Gasteiger partial charge in [-0.2, -0.15) is 5.26 Å². The highest BCUT2D eigenvalue weighted by Crippen LogP contribution is 2.36. The summed E-state index contributed by atoms with van der Waals surface area (Å²) in [6.45, 7) is 3.35. The maximum atomic E-state index is 13.0. The van der Waals surface area contributed by atoms with E-state index < -0.39 is 10.2 Å². The molecule has 37 heavy (non-hydrogen) atoms. The van der Waals surface area contributed by atoms with Gasteiger partial charge in [0.05, 0.1) is 21.4 Å². The second kappa shape index (κ2) is 11.4. The molecule has 0 saturated carbocycles. The van der Waals surface area contributed by atoms with Crippen molar-refractivity contribution in [3.05, 3.63) is 105 Å². The van der Waals surface area contributed by atoms with Gasteiger partial charge in [0.1, 0.15) is 11.1 Å². The quantitative estimate of drug-likeness (QED) is 0.140. The number of rotatable bonds is 7. The van der Waals surface area contributed by atoms with Crippen molar-refractivity contribution in [2.45, 2.75) is 24.1 Å². The lowest BCUT2D eigenvalue weighted by Gasteiger charge is -2.16. The SMILES string of the molecule is Cc1ccc(NC(=O)C(C)Sc2nc(-c3ccc(Br)cc3)cc(-c3ccccc3)c2C#N)cc1[N+](=O)[O-]. The third kappa shape index (κ3) is 6.05. The van der Waals surface area contributed by atoms with Gasteiger partial charge in [-0.1, -0.05) is 76.2 Å². The Morgan fingerprint density at radius 1 is 1.08 bits per heavy atom. The molecule has 1 amide bonds. The van der Waals surface area contributed by atoms with Gasteiger partial charge in [-0.25, -0.2) is 4.98 Å². The Bertz CT molecular complexity index is 1520. The lowest BCUT2D eigenvalue weighted by molar-refractivity contribution is -0.385. The van der Waals surface area contributed by atoms with E-state index in [0.717, 1.165) is 21.2 Å². The third-order valence-corrected chi connectivity index (χ3v) is 7.27. The van der Waals surface area contributed by atoms with Crippen molar-refractivity contribution < 1.29 is 9.72 Å². The van der Waals surface area contributed by atoms with E-state index in [-0.39, 0.29) is 11.6 Å². The van der Waals surface area contributed by atoms with Crippen LogP contribution in [0.1, 0.15) is 18.1 Å². The smallest absolute Gasteiger partial charge is 0.274 e. The minimum atomic E-state index is -0.635. The van der Waals surface area contributed by atoms with E-state index in [0.29, 0.717) is 27.5 Å². The van der Waals surface area contributed by atoms with Crippen LogP contribution in [-0.2, 0) is 4.79 Å². The second-order valence-corrected chi connectivity index (χ2v) is 10.5. The van der Waals surface area contributed by atoms with E-state index in [1.165, 1.54) is 17.8 Å². The van der Waals surface area contributed by atoms with Gasteiger partial charge in [0.2, 0.25) is 5.91 Å². The number of amides is 1. The summed E-state index contributed by atoms with van der Waals surface area (Å²) in [5.74, 6) is -0.357. The highest BCUT2D eigenvalue weighted by atomic mass is 79.9. The molecule has 9 heteroatoms. The molecule has 1 unspecified atom stereocenters. The molecule has 0 aliphatic carbocycles. The average Bonchev–Trinajstić information content (AvgIpc) is 2.90. The van der Waals surface area contributed by atoms with E-state index in [1.54, 1.807) is 26.0 Å². The predicted molar refractivity (Wildman–Crippen MR) is 149 cm³/mol. The minimum Gasteiger partial charge on any atom is -0.325 e. The first kappa shape index (κ1) is 26.1. The first-order valence-corrected chi connectivity index (χ1v) is 12.9. The van der Waals surface area contributed by atoms with Crippen molar-refractivity contribution in [3.63, 3.8) is 0 Å². The molecule has 4 rings (SSSR count). The third-order valence-electron chi connectivity index (χ3n) is 5.65. The highest BCUT2D eigenvalue weighted by molar-refractivity contribution is 9.10. The van der Waals surface area contributed by atoms with Crippen molar-refractivity contribution in [3.8, 4) is 28.5 Å². The van der Waals surface area contributed by atoms with Gasteiger partial charge in [-0.15, -0.1) is 0 Å². The number of nitro benzene ring substituents is 1. The molecule has 1 aromatic heterocycles. The summed E-state index contributed by atoms with van der Waals surface area (Å²) in [5.41, 5.74) is 4.28. The molecule has 7 nitrogen and oxygen atoms in total. The van der Waals surface area contributed by atoms with Crippen molar-refractivity contribution in [1.29, 1.82) is 5.26 Å². The molecule has 0 aliphatic rings. The first-order chi connectivity index (χ1) is 17.8. The Balaban J connectivity index is 1.70. The van der Waals surface area contributed by atoms with E-state index >= 15 is 0 Å². The Labute approximate surface area is 226 Å². The number of nitriles is 1. The number of aryl methyl sites for hydroxylation is 1. The molecular formula is C28H21BrN4O3S. The van der Waals surface area contributed by atoms with Crippen LogP contribution in [0.15, 0.2) is 88.4 Å². The Morgan fingerprint density at radius 3 is 2.43 bits per heavy atom. The van der Waals surface area contributed by atoms with E-state index in [4.69, 9.17) is 4.98 Å². The topological polar surface area (TPSA) is 109 Å². The van der Waals surface area contributed by atoms with Crippen LogP contribution in [-0.4, -0.2) is 21.1 Å². The van der Waals surface area contributed by atoms with Crippen LogP contribution in [0.3, 0.4) is 0 Å². The lowest BCUT2D eigenvalue weighted by atomic mass is 9.99. The van der Waals surface area contributed by atoms with Crippen LogP contribution in [0.4, 0.5) is 11.4 Å². The minimum absolute atomic E-state index is 0.0683. The number of anilines is 1. The van der Waals surface area contributed by atoms with Crippen LogP contribution in [0.2, 0.25) is 0 Å². The van der Waals surface area contributed by atoms with Crippen LogP contribution in [0, 0.1) is 28.4 Å². The van der Waals surface area contributed by atoms with Crippen molar-refractivity contribution in [1.82, 2.24) is 4.98 Å². The molecule has 1 atom stereocenters. The number of carbonyl (C=O) groups is 1. The number of thioether (sulfide) groups is 1. The maximum absolute atomic E-state index is 13.0. The number of aromatic nitrogens is 1. The molecule has 0 radical (unpaired) electrons. The molecular weight excluding hydrogens is 552 g/mol. The number of halogens is 1. The van der Waals surface area contributed by atoms with Gasteiger partial charge >= 0.3 is 0 Å². The molecule has 0 spiro atoms. The predicted octanol–water partition coefficient (Wildman–Crippen LogP) is 7.39. The van der Waals surface area contributed by atoms with E-state index in [9.17, 15) is 20.2 Å². The van der Waals surface area contributed by atoms with Gasteiger partial charge in [0, 0.05) is 32.9 Å². The number of benzene rings is 3. The number of pyridine rings is 1. The first-order valence-electron chi connectivity index (χ1n) is 11.3. The lowest BCUT2D eigenvalue weighted by Crippen LogP contribution is -2.22. The Kier molecular flexibility index (Phi) is 8.01. The zero-order valence-corrected chi connectivity index (χ0v) is 22.3. The molecule has 1 heterocycles. The highest BCUT2D eigenvalue weighted by Gasteiger charge is 2.22. The summed E-state index contributed by atoms with van der Waals surface area (Å²) in [5, 5.41) is 23.9. The van der Waals surface area contributed by atoms with Crippen molar-refractivity contribution >= 4 is 45.0 Å². The monoisotopic (exact) mass is 572 g/mol. The summed E-state index contributed by atoms with van der Waals surface area (Å²) >= 11 is 4.62. The van der Waals surface area contributed by atoms with Crippen LogP contribution >= 0.6 is 27.7 Å². The number of nitro groups is 1. The summed E-state index contributed by atoms with van der Waals surface area (Å²) in [6.07, 6.45) is 0. The molecule has 184 valence electrons. The second-order valence-electron chi connectivity index (χ2n) is 8.23.